The van der Waals surface area contributed by atoms with Crippen molar-refractivity contribution in [3.05, 3.63) is 65.7 Å². The summed E-state index contributed by atoms with van der Waals surface area (Å²) in [6.07, 6.45) is 2.99. The first-order valence-corrected chi connectivity index (χ1v) is 10.4. The molecule has 1 amide bonds. The topological polar surface area (TPSA) is 41.6 Å². The fourth-order valence-electron chi connectivity index (χ4n) is 3.49. The minimum absolute atomic E-state index is 0.00387. The van der Waals surface area contributed by atoms with Gasteiger partial charge < -0.3 is 10.1 Å². The lowest BCUT2D eigenvalue weighted by Crippen LogP contribution is -2.44. The van der Waals surface area contributed by atoms with Gasteiger partial charge in [-0.1, -0.05) is 50.2 Å². The van der Waals surface area contributed by atoms with Gasteiger partial charge in [0.1, 0.15) is 5.75 Å². The molecule has 0 unspecified atom stereocenters. The number of carbonyl (C=O) groups excluding carboxylic acids is 1. The van der Waals surface area contributed by atoms with Crippen LogP contribution in [0.15, 0.2) is 54.6 Å². The van der Waals surface area contributed by atoms with E-state index in [1.807, 2.05) is 24.3 Å². The van der Waals surface area contributed by atoms with Crippen LogP contribution in [0.3, 0.4) is 0 Å². The molecular formula is C24H32N2O2. The molecule has 0 aliphatic carbocycles. The molecule has 4 heteroatoms. The van der Waals surface area contributed by atoms with Gasteiger partial charge in [-0.25, -0.2) is 0 Å². The van der Waals surface area contributed by atoms with Gasteiger partial charge in [-0.2, -0.15) is 0 Å². The second-order valence-electron chi connectivity index (χ2n) is 8.07. The first-order chi connectivity index (χ1) is 13.6. The van der Waals surface area contributed by atoms with E-state index in [-0.39, 0.29) is 11.9 Å². The van der Waals surface area contributed by atoms with Crippen LogP contribution in [0.4, 0.5) is 0 Å². The second-order valence-corrected chi connectivity index (χ2v) is 8.07. The summed E-state index contributed by atoms with van der Waals surface area (Å²) in [5.41, 5.74) is 2.02. The molecule has 0 radical (unpaired) electrons. The van der Waals surface area contributed by atoms with Crippen molar-refractivity contribution in [2.45, 2.75) is 45.7 Å². The third-order valence-corrected chi connectivity index (χ3v) is 5.23. The van der Waals surface area contributed by atoms with Gasteiger partial charge in [0.05, 0.1) is 6.61 Å². The van der Waals surface area contributed by atoms with E-state index < -0.39 is 0 Å². The van der Waals surface area contributed by atoms with E-state index >= 15 is 0 Å². The van der Waals surface area contributed by atoms with Crippen LogP contribution in [-0.2, 0) is 6.54 Å². The van der Waals surface area contributed by atoms with Gasteiger partial charge >= 0.3 is 0 Å². The lowest BCUT2D eigenvalue weighted by atomic mass is 10.0. The Balaban J connectivity index is 1.45. The van der Waals surface area contributed by atoms with E-state index in [9.17, 15) is 4.79 Å². The van der Waals surface area contributed by atoms with Crippen LogP contribution >= 0.6 is 0 Å². The van der Waals surface area contributed by atoms with Gasteiger partial charge in [-0.3, -0.25) is 9.69 Å². The number of amides is 1. The molecule has 28 heavy (non-hydrogen) atoms. The Morgan fingerprint density at radius 2 is 1.86 bits per heavy atom. The maximum absolute atomic E-state index is 12.6. The normalized spacial score (nSPS) is 15.5. The van der Waals surface area contributed by atoms with E-state index in [0.717, 1.165) is 44.6 Å². The molecule has 0 aromatic heterocycles. The van der Waals surface area contributed by atoms with Crippen LogP contribution in [-0.4, -0.2) is 36.5 Å². The Morgan fingerprint density at radius 1 is 1.11 bits per heavy atom. The summed E-state index contributed by atoms with van der Waals surface area (Å²) in [6.45, 7) is 8.05. The number of hydrogen-bond donors (Lipinski definition) is 1. The molecule has 2 aromatic carbocycles. The molecule has 1 aliphatic heterocycles. The Hall–Kier alpha value is -2.33. The number of nitrogens with one attached hydrogen (secondary N) is 1. The molecule has 4 nitrogen and oxygen atoms in total. The highest BCUT2D eigenvalue weighted by molar-refractivity contribution is 5.94. The zero-order valence-corrected chi connectivity index (χ0v) is 17.1. The molecular weight excluding hydrogens is 348 g/mol. The average Bonchev–Trinajstić information content (AvgIpc) is 2.70. The van der Waals surface area contributed by atoms with E-state index in [0.29, 0.717) is 18.1 Å². The molecule has 0 atom stereocenters. The monoisotopic (exact) mass is 380 g/mol. The molecule has 1 aliphatic rings. The Kier molecular flexibility index (Phi) is 7.49. The molecule has 1 fully saturated rings. The molecule has 0 bridgehead atoms. The van der Waals surface area contributed by atoms with Crippen molar-refractivity contribution in [1.82, 2.24) is 10.2 Å². The van der Waals surface area contributed by atoms with Gasteiger partial charge in [-0.15, -0.1) is 0 Å². The number of benzene rings is 2. The zero-order valence-electron chi connectivity index (χ0n) is 17.1. The molecule has 150 valence electrons. The van der Waals surface area contributed by atoms with Gasteiger partial charge in [0.2, 0.25) is 0 Å². The van der Waals surface area contributed by atoms with Crippen molar-refractivity contribution in [1.29, 1.82) is 0 Å². The first kappa shape index (κ1) is 20.4. The zero-order chi connectivity index (χ0) is 19.8. The molecule has 0 saturated carbocycles. The standard InChI is InChI=1S/C24H32N2O2/c1-19(2)13-16-28-23-10-6-9-21(17-23)24(27)25-22-11-14-26(15-12-22)18-20-7-4-3-5-8-20/h3-10,17,19,22H,11-16,18H2,1-2H3,(H,25,27). The Bertz CT molecular complexity index is 737. The van der Waals surface area contributed by atoms with E-state index in [1.165, 1.54) is 5.56 Å². The Morgan fingerprint density at radius 3 is 2.57 bits per heavy atom. The largest absolute Gasteiger partial charge is 0.494 e. The molecule has 1 heterocycles. The minimum atomic E-state index is -0.00387. The summed E-state index contributed by atoms with van der Waals surface area (Å²) in [6, 6.07) is 18.3. The highest BCUT2D eigenvalue weighted by atomic mass is 16.5. The fourth-order valence-corrected chi connectivity index (χ4v) is 3.49. The molecule has 3 rings (SSSR count). The summed E-state index contributed by atoms with van der Waals surface area (Å²) < 4.78 is 5.78. The third kappa shape index (κ3) is 6.38. The van der Waals surface area contributed by atoms with Crippen LogP contribution in [0.2, 0.25) is 0 Å². The van der Waals surface area contributed by atoms with Gasteiger partial charge in [0.15, 0.2) is 0 Å². The van der Waals surface area contributed by atoms with Gasteiger partial charge in [-0.05, 0) is 48.9 Å². The van der Waals surface area contributed by atoms with Crippen LogP contribution in [0.5, 0.6) is 5.75 Å². The predicted molar refractivity (Wildman–Crippen MR) is 114 cm³/mol. The number of ether oxygens (including phenoxy) is 1. The molecule has 1 N–H and O–H groups in total. The summed E-state index contributed by atoms with van der Waals surface area (Å²) in [5.74, 6) is 1.38. The van der Waals surface area contributed by atoms with Crippen molar-refractivity contribution in [2.75, 3.05) is 19.7 Å². The van der Waals surface area contributed by atoms with Crippen LogP contribution in [0.25, 0.3) is 0 Å². The summed E-state index contributed by atoms with van der Waals surface area (Å²) in [4.78, 5) is 15.1. The number of piperidine rings is 1. The molecule has 0 spiro atoms. The van der Waals surface area contributed by atoms with E-state index in [4.69, 9.17) is 4.74 Å². The number of nitrogens with zero attached hydrogens (tertiary/aromatic N) is 1. The SMILES string of the molecule is CC(C)CCOc1cccc(C(=O)NC2CCN(Cc3ccccc3)CC2)c1. The minimum Gasteiger partial charge on any atom is -0.494 e. The van der Waals surface area contributed by atoms with Crippen molar-refractivity contribution in [2.24, 2.45) is 5.92 Å². The maximum Gasteiger partial charge on any atom is 0.251 e. The lowest BCUT2D eigenvalue weighted by molar-refractivity contribution is 0.0908. The highest BCUT2D eigenvalue weighted by Gasteiger charge is 2.21. The van der Waals surface area contributed by atoms with Crippen molar-refractivity contribution >= 4 is 5.91 Å². The average molecular weight is 381 g/mol. The quantitative estimate of drug-likeness (QED) is 0.733. The van der Waals surface area contributed by atoms with Crippen molar-refractivity contribution < 1.29 is 9.53 Å². The van der Waals surface area contributed by atoms with Crippen LogP contribution in [0, 0.1) is 5.92 Å². The van der Waals surface area contributed by atoms with Gasteiger partial charge in [0.25, 0.3) is 5.91 Å². The highest BCUT2D eigenvalue weighted by Crippen LogP contribution is 2.17. The van der Waals surface area contributed by atoms with E-state index in [2.05, 4.69) is 54.4 Å². The maximum atomic E-state index is 12.6. The third-order valence-electron chi connectivity index (χ3n) is 5.23. The Labute approximate surface area is 168 Å². The van der Waals surface area contributed by atoms with Gasteiger partial charge in [0, 0.05) is 31.2 Å². The second kappa shape index (κ2) is 10.3. The fraction of sp³-hybridized carbons (Fsp3) is 0.458. The summed E-state index contributed by atoms with van der Waals surface area (Å²) in [5, 5.41) is 3.20. The summed E-state index contributed by atoms with van der Waals surface area (Å²) in [7, 11) is 0. The number of hydrogen-bond acceptors (Lipinski definition) is 3. The van der Waals surface area contributed by atoms with E-state index in [1.54, 1.807) is 0 Å². The van der Waals surface area contributed by atoms with Crippen molar-refractivity contribution in [3.8, 4) is 5.75 Å². The number of carbonyl (C=O) groups is 1. The van der Waals surface area contributed by atoms with Crippen molar-refractivity contribution in [3.63, 3.8) is 0 Å². The summed E-state index contributed by atoms with van der Waals surface area (Å²) >= 11 is 0. The molecule has 1 saturated heterocycles. The number of likely N-dealkylation sites (tertiary alicyclic amines) is 1. The first-order valence-electron chi connectivity index (χ1n) is 10.4. The van der Waals surface area contributed by atoms with Crippen LogP contribution < -0.4 is 10.1 Å². The predicted octanol–water partition coefficient (Wildman–Crippen LogP) is 4.51. The lowest BCUT2D eigenvalue weighted by Gasteiger charge is -2.32. The number of rotatable bonds is 8. The van der Waals surface area contributed by atoms with Crippen LogP contribution in [0.1, 0.15) is 49.0 Å². The molecule has 2 aromatic rings. The smallest absolute Gasteiger partial charge is 0.251 e.